The fraction of sp³-hybridized carbons (Fsp3) is 0.500. The number of nitrogen functional groups attached to an aromatic ring is 1. The van der Waals surface area contributed by atoms with Crippen LogP contribution in [0.25, 0.3) is 0 Å². The van der Waals surface area contributed by atoms with Crippen molar-refractivity contribution in [2.24, 2.45) is 0 Å². The summed E-state index contributed by atoms with van der Waals surface area (Å²) in [5.41, 5.74) is 8.88. The Bertz CT molecular complexity index is 434. The first-order valence-corrected chi connectivity index (χ1v) is 7.64. The summed E-state index contributed by atoms with van der Waals surface area (Å²) in [6.07, 6.45) is 2.52. The number of carbonyl (C=O) groups excluding carboxylic acids is 1. The normalized spacial score (nSPS) is 15.4. The predicted molar refractivity (Wildman–Crippen MR) is 79.1 cm³/mol. The van der Waals surface area contributed by atoms with Crippen LogP contribution in [0.5, 0.6) is 0 Å². The molecule has 1 aromatic rings. The molecule has 1 heterocycles. The maximum absolute atomic E-state index is 12.1. The summed E-state index contributed by atoms with van der Waals surface area (Å²) in [5.74, 6) is 2.33. The van der Waals surface area contributed by atoms with E-state index in [0.29, 0.717) is 6.42 Å². The number of carbonyl (C=O) groups is 1. The molecule has 0 bridgehead atoms. The molecule has 0 radical (unpaired) electrons. The zero-order valence-electron chi connectivity index (χ0n) is 10.8. The third-order valence-corrected chi connectivity index (χ3v) is 4.08. The van der Waals surface area contributed by atoms with Gasteiger partial charge in [-0.15, -0.1) is 0 Å². The van der Waals surface area contributed by atoms with Crippen molar-refractivity contribution in [3.8, 4) is 0 Å². The van der Waals surface area contributed by atoms with Crippen molar-refractivity contribution >= 4 is 29.0 Å². The Balaban J connectivity index is 2.23. The van der Waals surface area contributed by atoms with Crippen molar-refractivity contribution in [2.45, 2.75) is 26.2 Å². The summed E-state index contributed by atoms with van der Waals surface area (Å²) >= 11 is 1.87. The molecule has 1 aliphatic rings. The van der Waals surface area contributed by atoms with E-state index in [0.717, 1.165) is 42.3 Å². The molecule has 0 aromatic heterocycles. The second-order valence-electron chi connectivity index (χ2n) is 4.48. The second kappa shape index (κ2) is 6.14. The van der Waals surface area contributed by atoms with E-state index in [2.05, 4.69) is 6.92 Å². The van der Waals surface area contributed by atoms with E-state index in [4.69, 9.17) is 5.73 Å². The first-order valence-electron chi connectivity index (χ1n) is 6.49. The van der Waals surface area contributed by atoms with E-state index in [1.807, 2.05) is 34.9 Å². The van der Waals surface area contributed by atoms with Gasteiger partial charge in [-0.3, -0.25) is 4.79 Å². The molecule has 2 rings (SSSR count). The number of rotatable bonds is 4. The number of thioether (sulfide) groups is 1. The maximum Gasteiger partial charge on any atom is 0.227 e. The van der Waals surface area contributed by atoms with Crippen LogP contribution in [0.3, 0.4) is 0 Å². The Kier molecular flexibility index (Phi) is 4.53. The predicted octanol–water partition coefficient (Wildman–Crippen LogP) is 2.69. The van der Waals surface area contributed by atoms with E-state index in [9.17, 15) is 4.79 Å². The number of benzene rings is 1. The lowest BCUT2D eigenvalue weighted by Crippen LogP contribution is -2.32. The largest absolute Gasteiger partial charge is 0.399 e. The summed E-state index contributed by atoms with van der Waals surface area (Å²) in [5, 5.41) is 0. The van der Waals surface area contributed by atoms with Gasteiger partial charge >= 0.3 is 0 Å². The molecule has 1 aromatic carbocycles. The average molecular weight is 264 g/mol. The Morgan fingerprint density at radius 3 is 3.00 bits per heavy atom. The van der Waals surface area contributed by atoms with Gasteiger partial charge in [0.05, 0.1) is 0 Å². The number of fused-ring (bicyclic) bond motifs is 1. The SMILES string of the molecule is CCSCCN1C(=O)CCCc2cc(N)ccc21. The molecule has 3 nitrogen and oxygen atoms in total. The van der Waals surface area contributed by atoms with Crippen LogP contribution in [-0.2, 0) is 11.2 Å². The minimum Gasteiger partial charge on any atom is -0.399 e. The van der Waals surface area contributed by atoms with Gasteiger partial charge in [0.2, 0.25) is 5.91 Å². The highest BCUT2D eigenvalue weighted by molar-refractivity contribution is 7.99. The van der Waals surface area contributed by atoms with Crippen LogP contribution in [-0.4, -0.2) is 24.0 Å². The van der Waals surface area contributed by atoms with Crippen LogP contribution >= 0.6 is 11.8 Å². The molecule has 1 amide bonds. The highest BCUT2D eigenvalue weighted by Gasteiger charge is 2.21. The van der Waals surface area contributed by atoms with Gasteiger partial charge in [0.15, 0.2) is 0 Å². The maximum atomic E-state index is 12.1. The van der Waals surface area contributed by atoms with E-state index >= 15 is 0 Å². The third-order valence-electron chi connectivity index (χ3n) is 3.20. The number of hydrogen-bond donors (Lipinski definition) is 1. The zero-order chi connectivity index (χ0) is 13.0. The third kappa shape index (κ3) is 2.99. The van der Waals surface area contributed by atoms with Gasteiger partial charge in [0.1, 0.15) is 0 Å². The first-order chi connectivity index (χ1) is 8.72. The van der Waals surface area contributed by atoms with Crippen LogP contribution in [0, 0.1) is 0 Å². The van der Waals surface area contributed by atoms with Crippen LogP contribution in [0.15, 0.2) is 18.2 Å². The molecule has 0 fully saturated rings. The first kappa shape index (κ1) is 13.3. The molecule has 0 unspecified atom stereocenters. The Hall–Kier alpha value is -1.16. The van der Waals surface area contributed by atoms with E-state index < -0.39 is 0 Å². The summed E-state index contributed by atoms with van der Waals surface area (Å²) in [6.45, 7) is 2.94. The summed E-state index contributed by atoms with van der Waals surface area (Å²) in [6, 6.07) is 5.88. The molecule has 0 saturated carbocycles. The van der Waals surface area contributed by atoms with Gasteiger partial charge in [-0.2, -0.15) is 11.8 Å². The Morgan fingerprint density at radius 2 is 2.22 bits per heavy atom. The molecule has 0 saturated heterocycles. The molecule has 0 aliphatic carbocycles. The zero-order valence-corrected chi connectivity index (χ0v) is 11.6. The Labute approximate surface area is 113 Å². The van der Waals surface area contributed by atoms with E-state index in [1.54, 1.807) is 0 Å². The Morgan fingerprint density at radius 1 is 1.39 bits per heavy atom. The molecule has 0 spiro atoms. The lowest BCUT2D eigenvalue weighted by atomic mass is 10.1. The standard InChI is InChI=1S/C14H20N2OS/c1-2-18-9-8-16-13-7-6-12(15)10-11(13)4-3-5-14(16)17/h6-7,10H,2-5,8-9,15H2,1H3. The van der Waals surface area contributed by atoms with Crippen molar-refractivity contribution in [3.05, 3.63) is 23.8 Å². The summed E-state index contributed by atoms with van der Waals surface area (Å²) in [4.78, 5) is 14.1. The molecule has 98 valence electrons. The number of nitrogens with two attached hydrogens (primary N) is 1. The number of amides is 1. The highest BCUT2D eigenvalue weighted by Crippen LogP contribution is 2.28. The van der Waals surface area contributed by atoms with Crippen molar-refractivity contribution < 1.29 is 4.79 Å². The average Bonchev–Trinajstić information content (AvgIpc) is 2.49. The van der Waals surface area contributed by atoms with Gasteiger partial charge in [0.25, 0.3) is 0 Å². The quantitative estimate of drug-likeness (QED) is 0.672. The number of hydrogen-bond acceptors (Lipinski definition) is 3. The van der Waals surface area contributed by atoms with E-state index in [-0.39, 0.29) is 5.91 Å². The van der Waals surface area contributed by atoms with Gasteiger partial charge < -0.3 is 10.6 Å². The highest BCUT2D eigenvalue weighted by atomic mass is 32.2. The monoisotopic (exact) mass is 264 g/mol. The smallest absolute Gasteiger partial charge is 0.227 e. The molecule has 4 heteroatoms. The lowest BCUT2D eigenvalue weighted by Gasteiger charge is -2.23. The fourth-order valence-corrected chi connectivity index (χ4v) is 2.91. The summed E-state index contributed by atoms with van der Waals surface area (Å²) < 4.78 is 0. The minimum atomic E-state index is 0.246. The van der Waals surface area contributed by atoms with Crippen molar-refractivity contribution in [1.29, 1.82) is 0 Å². The number of nitrogens with zero attached hydrogens (tertiary/aromatic N) is 1. The molecular weight excluding hydrogens is 244 g/mol. The van der Waals surface area contributed by atoms with Crippen LogP contribution in [0.2, 0.25) is 0 Å². The second-order valence-corrected chi connectivity index (χ2v) is 5.88. The van der Waals surface area contributed by atoms with Crippen molar-refractivity contribution in [3.63, 3.8) is 0 Å². The topological polar surface area (TPSA) is 46.3 Å². The van der Waals surface area contributed by atoms with Crippen molar-refractivity contribution in [1.82, 2.24) is 0 Å². The van der Waals surface area contributed by atoms with Gasteiger partial charge in [0, 0.05) is 30.1 Å². The van der Waals surface area contributed by atoms with E-state index in [1.165, 1.54) is 5.56 Å². The summed E-state index contributed by atoms with van der Waals surface area (Å²) in [7, 11) is 0. The van der Waals surface area contributed by atoms with Crippen molar-refractivity contribution in [2.75, 3.05) is 28.7 Å². The molecule has 0 atom stereocenters. The van der Waals surface area contributed by atoms with Gasteiger partial charge in [-0.25, -0.2) is 0 Å². The molecule has 2 N–H and O–H groups in total. The number of aryl methyl sites for hydroxylation is 1. The lowest BCUT2D eigenvalue weighted by molar-refractivity contribution is -0.118. The van der Waals surface area contributed by atoms with Crippen LogP contribution in [0.1, 0.15) is 25.3 Å². The van der Waals surface area contributed by atoms with Gasteiger partial charge in [-0.1, -0.05) is 6.92 Å². The molecule has 1 aliphatic heterocycles. The molecule has 18 heavy (non-hydrogen) atoms. The van der Waals surface area contributed by atoms with Crippen LogP contribution < -0.4 is 10.6 Å². The molecular formula is C14H20N2OS. The fourth-order valence-electron chi connectivity index (χ4n) is 2.31. The van der Waals surface area contributed by atoms with Gasteiger partial charge in [-0.05, 0) is 42.4 Å². The number of anilines is 2. The minimum absolute atomic E-state index is 0.246. The van der Waals surface area contributed by atoms with Crippen LogP contribution in [0.4, 0.5) is 11.4 Å².